The number of rotatable bonds is 4. The molecule has 0 aliphatic carbocycles. The van der Waals surface area contributed by atoms with Gasteiger partial charge >= 0.3 is 5.97 Å². The third-order valence-corrected chi connectivity index (χ3v) is 2.34. The van der Waals surface area contributed by atoms with Crippen molar-refractivity contribution in [2.24, 2.45) is 0 Å². The van der Waals surface area contributed by atoms with Crippen molar-refractivity contribution in [1.29, 1.82) is 0 Å². The lowest BCUT2D eigenvalue weighted by Crippen LogP contribution is -2.11. The van der Waals surface area contributed by atoms with Crippen molar-refractivity contribution < 1.29 is 14.3 Å². The molecule has 1 unspecified atom stereocenters. The number of methoxy groups -OCH3 is 1. The summed E-state index contributed by atoms with van der Waals surface area (Å²) in [5, 5.41) is 0. The average molecular weight is 223 g/mol. The maximum atomic E-state index is 11.3. The largest absolute Gasteiger partial charge is 0.491 e. The molecule has 0 saturated carbocycles. The standard InChI is InChI=1S/C12H17NO3/c1-4-8(2)16-9-5-6-10(11(13)7-9)12(14)15-3/h5-8H,4,13H2,1-3H3. The SMILES string of the molecule is CCC(C)Oc1ccc(C(=O)OC)c(N)c1. The van der Waals surface area contributed by atoms with E-state index in [1.165, 1.54) is 7.11 Å². The monoisotopic (exact) mass is 223 g/mol. The summed E-state index contributed by atoms with van der Waals surface area (Å²) in [5.41, 5.74) is 6.46. The number of hydrogen-bond acceptors (Lipinski definition) is 4. The Hall–Kier alpha value is -1.71. The summed E-state index contributed by atoms with van der Waals surface area (Å²) in [5.74, 6) is 0.229. The van der Waals surface area contributed by atoms with Crippen LogP contribution in [0.4, 0.5) is 5.69 Å². The van der Waals surface area contributed by atoms with Gasteiger partial charge in [-0.15, -0.1) is 0 Å². The van der Waals surface area contributed by atoms with E-state index in [9.17, 15) is 4.79 Å². The van der Waals surface area contributed by atoms with Crippen LogP contribution in [0, 0.1) is 0 Å². The topological polar surface area (TPSA) is 61.5 Å². The minimum absolute atomic E-state index is 0.128. The van der Waals surface area contributed by atoms with E-state index in [2.05, 4.69) is 4.74 Å². The van der Waals surface area contributed by atoms with Gasteiger partial charge in [0.2, 0.25) is 0 Å². The molecule has 0 aliphatic rings. The van der Waals surface area contributed by atoms with Crippen molar-refractivity contribution in [3.63, 3.8) is 0 Å². The van der Waals surface area contributed by atoms with E-state index >= 15 is 0 Å². The van der Waals surface area contributed by atoms with Crippen LogP contribution in [0.5, 0.6) is 5.75 Å². The molecule has 1 aromatic rings. The quantitative estimate of drug-likeness (QED) is 0.628. The molecule has 0 aliphatic heterocycles. The van der Waals surface area contributed by atoms with Gasteiger partial charge in [0, 0.05) is 11.8 Å². The molecule has 0 radical (unpaired) electrons. The van der Waals surface area contributed by atoms with Crippen molar-refractivity contribution in [3.05, 3.63) is 23.8 Å². The number of nitrogens with two attached hydrogens (primary N) is 1. The van der Waals surface area contributed by atoms with Crippen LogP contribution in [0.15, 0.2) is 18.2 Å². The fourth-order valence-electron chi connectivity index (χ4n) is 1.23. The van der Waals surface area contributed by atoms with E-state index in [1.54, 1.807) is 18.2 Å². The first kappa shape index (κ1) is 12.4. The zero-order valence-electron chi connectivity index (χ0n) is 9.82. The van der Waals surface area contributed by atoms with Gasteiger partial charge in [-0.25, -0.2) is 4.79 Å². The molecule has 16 heavy (non-hydrogen) atoms. The molecule has 2 N–H and O–H groups in total. The Labute approximate surface area is 95.3 Å². The van der Waals surface area contributed by atoms with E-state index in [0.717, 1.165) is 6.42 Å². The number of nitrogen functional groups attached to an aromatic ring is 1. The van der Waals surface area contributed by atoms with E-state index in [4.69, 9.17) is 10.5 Å². The van der Waals surface area contributed by atoms with Crippen molar-refractivity contribution in [3.8, 4) is 5.75 Å². The molecule has 0 heterocycles. The minimum Gasteiger partial charge on any atom is -0.491 e. The fraction of sp³-hybridized carbons (Fsp3) is 0.417. The normalized spacial score (nSPS) is 11.9. The molecular weight excluding hydrogens is 206 g/mol. The summed E-state index contributed by atoms with van der Waals surface area (Å²) in [6.45, 7) is 4.02. The maximum Gasteiger partial charge on any atom is 0.339 e. The molecule has 1 aromatic carbocycles. The van der Waals surface area contributed by atoms with Crippen molar-refractivity contribution in [2.45, 2.75) is 26.4 Å². The van der Waals surface area contributed by atoms with Crippen LogP contribution in [-0.4, -0.2) is 19.2 Å². The molecular formula is C12H17NO3. The Morgan fingerprint density at radius 2 is 2.19 bits per heavy atom. The van der Waals surface area contributed by atoms with Gasteiger partial charge in [0.05, 0.1) is 18.8 Å². The highest BCUT2D eigenvalue weighted by Crippen LogP contribution is 2.21. The zero-order valence-corrected chi connectivity index (χ0v) is 9.82. The Bertz CT molecular complexity index is 377. The first-order chi connectivity index (χ1) is 7.58. The minimum atomic E-state index is -0.437. The van der Waals surface area contributed by atoms with E-state index in [-0.39, 0.29) is 6.10 Å². The maximum absolute atomic E-state index is 11.3. The highest BCUT2D eigenvalue weighted by Gasteiger charge is 2.11. The molecule has 0 amide bonds. The molecule has 4 nitrogen and oxygen atoms in total. The highest BCUT2D eigenvalue weighted by atomic mass is 16.5. The Morgan fingerprint density at radius 3 is 2.69 bits per heavy atom. The van der Waals surface area contributed by atoms with Gasteiger partial charge in [0.1, 0.15) is 5.75 Å². The summed E-state index contributed by atoms with van der Waals surface area (Å²) in [7, 11) is 1.32. The number of ether oxygens (including phenoxy) is 2. The lowest BCUT2D eigenvalue weighted by molar-refractivity contribution is 0.0602. The van der Waals surface area contributed by atoms with Crippen molar-refractivity contribution in [2.75, 3.05) is 12.8 Å². The second-order valence-corrected chi connectivity index (χ2v) is 3.58. The summed E-state index contributed by atoms with van der Waals surface area (Å²) in [6.07, 6.45) is 1.04. The number of carbonyl (C=O) groups excluding carboxylic acids is 1. The molecule has 0 aromatic heterocycles. The molecule has 1 rings (SSSR count). The lowest BCUT2D eigenvalue weighted by Gasteiger charge is -2.13. The summed E-state index contributed by atoms with van der Waals surface area (Å²) >= 11 is 0. The molecule has 0 spiro atoms. The van der Waals surface area contributed by atoms with E-state index in [0.29, 0.717) is 17.0 Å². The van der Waals surface area contributed by atoms with Gasteiger partial charge in [-0.3, -0.25) is 0 Å². The van der Waals surface area contributed by atoms with Gasteiger partial charge in [0.15, 0.2) is 0 Å². The van der Waals surface area contributed by atoms with Crippen LogP contribution in [-0.2, 0) is 4.74 Å². The predicted octanol–water partition coefficient (Wildman–Crippen LogP) is 2.23. The van der Waals surface area contributed by atoms with Crippen LogP contribution in [0.2, 0.25) is 0 Å². The van der Waals surface area contributed by atoms with E-state index < -0.39 is 5.97 Å². The van der Waals surface area contributed by atoms with Crippen LogP contribution >= 0.6 is 0 Å². The van der Waals surface area contributed by atoms with Crippen molar-refractivity contribution >= 4 is 11.7 Å². The number of anilines is 1. The number of esters is 1. The number of hydrogen-bond donors (Lipinski definition) is 1. The third-order valence-electron chi connectivity index (χ3n) is 2.34. The highest BCUT2D eigenvalue weighted by molar-refractivity contribution is 5.95. The first-order valence-electron chi connectivity index (χ1n) is 5.23. The zero-order chi connectivity index (χ0) is 12.1. The smallest absolute Gasteiger partial charge is 0.339 e. The van der Waals surface area contributed by atoms with E-state index in [1.807, 2.05) is 13.8 Å². The molecule has 1 atom stereocenters. The van der Waals surface area contributed by atoms with Gasteiger partial charge in [-0.2, -0.15) is 0 Å². The van der Waals surface area contributed by atoms with Gasteiger partial charge in [-0.05, 0) is 25.5 Å². The summed E-state index contributed by atoms with van der Waals surface area (Å²) in [6, 6.07) is 4.96. The molecule has 0 fully saturated rings. The fourth-order valence-corrected chi connectivity index (χ4v) is 1.23. The van der Waals surface area contributed by atoms with Gasteiger partial charge in [0.25, 0.3) is 0 Å². The van der Waals surface area contributed by atoms with Crippen molar-refractivity contribution in [1.82, 2.24) is 0 Å². The van der Waals surface area contributed by atoms with Gasteiger partial charge < -0.3 is 15.2 Å². The van der Waals surface area contributed by atoms with Crippen LogP contribution < -0.4 is 10.5 Å². The van der Waals surface area contributed by atoms with Crippen LogP contribution in [0.3, 0.4) is 0 Å². The first-order valence-corrected chi connectivity index (χ1v) is 5.23. The third kappa shape index (κ3) is 2.89. The van der Waals surface area contributed by atoms with Gasteiger partial charge in [-0.1, -0.05) is 6.92 Å². The Morgan fingerprint density at radius 1 is 1.50 bits per heavy atom. The predicted molar refractivity (Wildman–Crippen MR) is 62.6 cm³/mol. The average Bonchev–Trinajstić information content (AvgIpc) is 2.28. The second-order valence-electron chi connectivity index (χ2n) is 3.58. The molecule has 88 valence electrons. The molecule has 4 heteroatoms. The Balaban J connectivity index is 2.86. The lowest BCUT2D eigenvalue weighted by atomic mass is 10.1. The number of benzene rings is 1. The van der Waals surface area contributed by atoms with Crippen LogP contribution in [0.25, 0.3) is 0 Å². The van der Waals surface area contributed by atoms with Crippen LogP contribution in [0.1, 0.15) is 30.6 Å². The summed E-state index contributed by atoms with van der Waals surface area (Å²) in [4.78, 5) is 11.3. The molecule has 0 saturated heterocycles. The summed E-state index contributed by atoms with van der Waals surface area (Å²) < 4.78 is 10.2. The Kier molecular flexibility index (Phi) is 4.17. The molecule has 0 bridgehead atoms. The second kappa shape index (κ2) is 5.39. The number of carbonyl (C=O) groups is 1.